The van der Waals surface area contributed by atoms with Gasteiger partial charge in [0.15, 0.2) is 0 Å². The smallest absolute Gasteiger partial charge is 0.417 e. The Balaban J connectivity index is 2.46. The van der Waals surface area contributed by atoms with Crippen molar-refractivity contribution in [2.75, 3.05) is 6.61 Å². The van der Waals surface area contributed by atoms with Crippen LogP contribution in [-0.2, 0) is 10.9 Å². The van der Waals surface area contributed by atoms with Gasteiger partial charge in [-0.25, -0.2) is 4.79 Å². The molecule has 1 aromatic heterocycles. The molecular formula is C12H8BrF3N2O3. The Morgan fingerprint density at radius 2 is 2.10 bits per heavy atom. The van der Waals surface area contributed by atoms with E-state index in [0.29, 0.717) is 0 Å². The quantitative estimate of drug-likeness (QED) is 0.777. The number of aromatic nitrogens is 2. The molecule has 5 nitrogen and oxygen atoms in total. The van der Waals surface area contributed by atoms with E-state index in [0.717, 1.165) is 6.07 Å². The zero-order valence-corrected chi connectivity index (χ0v) is 12.2. The maximum Gasteiger partial charge on any atom is 0.417 e. The van der Waals surface area contributed by atoms with Crippen molar-refractivity contribution in [3.63, 3.8) is 0 Å². The summed E-state index contributed by atoms with van der Waals surface area (Å²) in [7, 11) is 0. The number of hydrogen-bond acceptors (Lipinski definition) is 5. The molecule has 0 aliphatic rings. The molecule has 1 aromatic carbocycles. The normalized spacial score (nSPS) is 11.5. The molecule has 0 amide bonds. The Morgan fingerprint density at radius 3 is 2.71 bits per heavy atom. The van der Waals surface area contributed by atoms with Crippen molar-refractivity contribution in [3.05, 3.63) is 34.1 Å². The number of benzene rings is 1. The summed E-state index contributed by atoms with van der Waals surface area (Å²) < 4.78 is 48.8. The van der Waals surface area contributed by atoms with Gasteiger partial charge in [-0.1, -0.05) is 15.9 Å². The Bertz CT molecular complexity index is 670. The van der Waals surface area contributed by atoms with Crippen LogP contribution in [0.4, 0.5) is 13.2 Å². The number of hydrogen-bond donors (Lipinski definition) is 0. The van der Waals surface area contributed by atoms with E-state index in [1.54, 1.807) is 6.92 Å². The van der Waals surface area contributed by atoms with E-state index >= 15 is 0 Å². The number of esters is 1. The van der Waals surface area contributed by atoms with Gasteiger partial charge >= 0.3 is 18.0 Å². The Hall–Kier alpha value is -1.90. The molecule has 1 heterocycles. The van der Waals surface area contributed by atoms with Crippen LogP contribution in [0, 0.1) is 0 Å². The third kappa shape index (κ3) is 3.41. The van der Waals surface area contributed by atoms with E-state index in [1.807, 2.05) is 0 Å². The first-order valence-corrected chi connectivity index (χ1v) is 6.50. The van der Waals surface area contributed by atoms with Gasteiger partial charge in [0.2, 0.25) is 5.89 Å². The van der Waals surface area contributed by atoms with Gasteiger partial charge in [0, 0.05) is 4.47 Å². The first-order chi connectivity index (χ1) is 9.82. The number of ether oxygens (including phenoxy) is 1. The summed E-state index contributed by atoms with van der Waals surface area (Å²) in [5.41, 5.74) is -1.26. The van der Waals surface area contributed by atoms with Crippen molar-refractivity contribution in [1.82, 2.24) is 10.2 Å². The highest BCUT2D eigenvalue weighted by Crippen LogP contribution is 2.38. The predicted molar refractivity (Wildman–Crippen MR) is 68.4 cm³/mol. The highest BCUT2D eigenvalue weighted by Gasteiger charge is 2.35. The van der Waals surface area contributed by atoms with Crippen LogP contribution >= 0.6 is 15.9 Å². The van der Waals surface area contributed by atoms with Crippen molar-refractivity contribution in [2.45, 2.75) is 13.1 Å². The van der Waals surface area contributed by atoms with Crippen LogP contribution in [0.3, 0.4) is 0 Å². The Morgan fingerprint density at radius 1 is 1.38 bits per heavy atom. The standard InChI is InChI=1S/C12H8BrF3N2O3/c1-2-20-11(19)10-18-17-9(21-10)7-4-3-6(13)5-8(7)12(14,15)16/h3-5H,2H2,1H3. The summed E-state index contributed by atoms with van der Waals surface area (Å²) in [6.07, 6.45) is -4.60. The van der Waals surface area contributed by atoms with E-state index in [1.165, 1.54) is 12.1 Å². The van der Waals surface area contributed by atoms with Gasteiger partial charge in [-0.15, -0.1) is 10.2 Å². The second-order valence-electron chi connectivity index (χ2n) is 3.82. The summed E-state index contributed by atoms with van der Waals surface area (Å²) >= 11 is 2.97. The van der Waals surface area contributed by atoms with Gasteiger partial charge in [-0.3, -0.25) is 0 Å². The van der Waals surface area contributed by atoms with E-state index < -0.39 is 29.5 Å². The third-order valence-corrected chi connectivity index (χ3v) is 2.89. The molecule has 0 N–H and O–H groups in total. The van der Waals surface area contributed by atoms with Gasteiger partial charge in [-0.2, -0.15) is 13.2 Å². The molecule has 2 rings (SSSR count). The van der Waals surface area contributed by atoms with E-state index in [9.17, 15) is 18.0 Å². The average molecular weight is 365 g/mol. The molecule has 0 bridgehead atoms. The summed E-state index contributed by atoms with van der Waals surface area (Å²) in [5.74, 6) is -1.79. The number of alkyl halides is 3. The summed E-state index contributed by atoms with van der Waals surface area (Å²) in [4.78, 5) is 11.4. The van der Waals surface area contributed by atoms with E-state index in [2.05, 4.69) is 30.9 Å². The molecule has 0 saturated carbocycles. The van der Waals surface area contributed by atoms with Crippen molar-refractivity contribution in [1.29, 1.82) is 0 Å². The summed E-state index contributed by atoms with van der Waals surface area (Å²) in [6.45, 7) is 1.66. The Kier molecular flexibility index (Phi) is 4.31. The molecule has 0 radical (unpaired) electrons. The number of halogens is 4. The summed E-state index contributed by atoms with van der Waals surface area (Å²) in [6, 6.07) is 3.47. The highest BCUT2D eigenvalue weighted by molar-refractivity contribution is 9.10. The van der Waals surface area contributed by atoms with Crippen LogP contribution in [-0.4, -0.2) is 22.8 Å². The second kappa shape index (κ2) is 5.84. The van der Waals surface area contributed by atoms with Crippen LogP contribution in [0.2, 0.25) is 0 Å². The average Bonchev–Trinajstić information content (AvgIpc) is 2.87. The lowest BCUT2D eigenvalue weighted by Crippen LogP contribution is -2.07. The van der Waals surface area contributed by atoms with Gasteiger partial charge in [-0.05, 0) is 25.1 Å². The molecule has 0 aliphatic heterocycles. The first-order valence-electron chi connectivity index (χ1n) is 5.70. The van der Waals surface area contributed by atoms with Crippen LogP contribution in [0.15, 0.2) is 27.1 Å². The summed E-state index contributed by atoms with van der Waals surface area (Å²) in [5, 5.41) is 6.85. The fraction of sp³-hybridized carbons (Fsp3) is 0.250. The molecular weight excluding hydrogens is 357 g/mol. The molecule has 2 aromatic rings. The van der Waals surface area contributed by atoms with Crippen LogP contribution in [0.5, 0.6) is 0 Å². The van der Waals surface area contributed by atoms with Gasteiger partial charge in [0.1, 0.15) is 0 Å². The number of nitrogens with zero attached hydrogens (tertiary/aromatic N) is 2. The van der Waals surface area contributed by atoms with Crippen molar-refractivity contribution >= 4 is 21.9 Å². The largest absolute Gasteiger partial charge is 0.459 e. The molecule has 0 saturated heterocycles. The van der Waals surface area contributed by atoms with Crippen LogP contribution in [0.1, 0.15) is 23.2 Å². The lowest BCUT2D eigenvalue weighted by molar-refractivity contribution is -0.137. The minimum Gasteiger partial charge on any atom is -0.459 e. The molecule has 0 spiro atoms. The molecule has 112 valence electrons. The van der Waals surface area contributed by atoms with Crippen LogP contribution < -0.4 is 0 Å². The number of carbonyl (C=O) groups excluding carboxylic acids is 1. The van der Waals surface area contributed by atoms with Crippen molar-refractivity contribution < 1.29 is 27.1 Å². The van der Waals surface area contributed by atoms with Crippen LogP contribution in [0.25, 0.3) is 11.5 Å². The zero-order chi connectivity index (χ0) is 15.6. The lowest BCUT2D eigenvalue weighted by Gasteiger charge is -2.10. The van der Waals surface area contributed by atoms with Crippen molar-refractivity contribution in [2.24, 2.45) is 0 Å². The fourth-order valence-corrected chi connectivity index (χ4v) is 1.91. The molecule has 21 heavy (non-hydrogen) atoms. The maximum atomic E-state index is 13.0. The zero-order valence-electron chi connectivity index (χ0n) is 10.6. The first kappa shape index (κ1) is 15.5. The van der Waals surface area contributed by atoms with Gasteiger partial charge < -0.3 is 9.15 Å². The minimum absolute atomic E-state index is 0.0859. The molecule has 0 fully saturated rings. The lowest BCUT2D eigenvalue weighted by atomic mass is 10.1. The number of carbonyl (C=O) groups is 1. The SMILES string of the molecule is CCOC(=O)c1nnc(-c2ccc(Br)cc2C(F)(F)F)o1. The third-order valence-electron chi connectivity index (χ3n) is 2.39. The van der Waals surface area contributed by atoms with Gasteiger partial charge in [0.25, 0.3) is 0 Å². The van der Waals surface area contributed by atoms with Crippen molar-refractivity contribution in [3.8, 4) is 11.5 Å². The second-order valence-corrected chi connectivity index (χ2v) is 4.74. The minimum atomic E-state index is -4.60. The molecule has 0 atom stereocenters. The maximum absolute atomic E-state index is 13.0. The highest BCUT2D eigenvalue weighted by atomic mass is 79.9. The number of rotatable bonds is 3. The molecule has 0 unspecified atom stereocenters. The topological polar surface area (TPSA) is 65.2 Å². The Labute approximate surface area is 125 Å². The monoisotopic (exact) mass is 364 g/mol. The van der Waals surface area contributed by atoms with E-state index in [-0.39, 0.29) is 16.6 Å². The molecule has 9 heteroatoms. The van der Waals surface area contributed by atoms with E-state index in [4.69, 9.17) is 4.42 Å². The van der Waals surface area contributed by atoms with Gasteiger partial charge in [0.05, 0.1) is 17.7 Å². The predicted octanol–water partition coefficient (Wildman–Crippen LogP) is 3.69. The molecule has 0 aliphatic carbocycles. The fourth-order valence-electron chi connectivity index (χ4n) is 1.54.